The first kappa shape index (κ1) is 17.6. The molecule has 1 aromatic rings. The summed E-state index contributed by atoms with van der Waals surface area (Å²) in [5.74, 6) is 0.338. The van der Waals surface area contributed by atoms with Crippen LogP contribution in [0, 0.1) is 5.92 Å². The molecule has 0 spiro atoms. The largest absolute Gasteiger partial charge is 0.462 e. The minimum Gasteiger partial charge on any atom is -0.462 e. The lowest BCUT2D eigenvalue weighted by Crippen LogP contribution is -2.09. The van der Waals surface area contributed by atoms with Gasteiger partial charge in [-0.3, -0.25) is 0 Å². The van der Waals surface area contributed by atoms with Crippen molar-refractivity contribution in [3.63, 3.8) is 0 Å². The summed E-state index contributed by atoms with van der Waals surface area (Å²) in [7, 11) is 0. The topological polar surface area (TPSA) is 38.3 Å². The summed E-state index contributed by atoms with van der Waals surface area (Å²) in [4.78, 5) is 11.4. The monoisotopic (exact) mass is 265 g/mol. The van der Waals surface area contributed by atoms with E-state index in [9.17, 15) is 4.79 Å². The van der Waals surface area contributed by atoms with Gasteiger partial charge in [-0.1, -0.05) is 45.9 Å². The quantitative estimate of drug-likeness (QED) is 0.800. The van der Waals surface area contributed by atoms with E-state index in [0.29, 0.717) is 18.1 Å². The van der Waals surface area contributed by atoms with E-state index < -0.39 is 0 Å². The Morgan fingerprint density at radius 3 is 2.16 bits per heavy atom. The molecule has 1 rings (SSSR count). The van der Waals surface area contributed by atoms with Gasteiger partial charge in [-0.25, -0.2) is 4.79 Å². The summed E-state index contributed by atoms with van der Waals surface area (Å²) in [6, 6.07) is 9.07. The molecule has 0 unspecified atom stereocenters. The number of carbonyl (C=O) groups excluding carboxylic acids is 1. The second kappa shape index (κ2) is 11.7. The Kier molecular flexibility index (Phi) is 10.9. The maximum Gasteiger partial charge on any atom is 0.338 e. The molecule has 108 valence electrons. The molecular weight excluding hydrogens is 238 g/mol. The number of nitrogens with one attached hydrogen (secondary N) is 1. The van der Waals surface area contributed by atoms with Gasteiger partial charge in [0.05, 0.1) is 12.2 Å². The van der Waals surface area contributed by atoms with Crippen LogP contribution in [0.4, 0.5) is 0 Å². The highest BCUT2D eigenvalue weighted by molar-refractivity contribution is 5.89. The van der Waals surface area contributed by atoms with Gasteiger partial charge in [0.2, 0.25) is 0 Å². The van der Waals surface area contributed by atoms with Crippen molar-refractivity contribution in [1.29, 1.82) is 0 Å². The molecule has 3 nitrogen and oxygen atoms in total. The summed E-state index contributed by atoms with van der Waals surface area (Å²) in [5, 5.41) is 3.11. The van der Waals surface area contributed by atoms with Crippen molar-refractivity contribution in [2.75, 3.05) is 19.7 Å². The fourth-order valence-corrected chi connectivity index (χ4v) is 1.29. The minimum absolute atomic E-state index is 0.230. The molecule has 0 atom stereocenters. The number of hydrogen-bond acceptors (Lipinski definition) is 3. The highest BCUT2D eigenvalue weighted by Crippen LogP contribution is 2.04. The van der Waals surface area contributed by atoms with E-state index in [1.54, 1.807) is 12.1 Å². The van der Waals surface area contributed by atoms with Crippen LogP contribution in [-0.4, -0.2) is 25.7 Å². The van der Waals surface area contributed by atoms with Gasteiger partial charge in [-0.15, -0.1) is 0 Å². The SMILES string of the molecule is CC(C)CCOC(=O)c1ccccc1.CCNCC. The minimum atomic E-state index is -0.230. The zero-order valence-electron chi connectivity index (χ0n) is 12.6. The van der Waals surface area contributed by atoms with E-state index in [1.165, 1.54) is 0 Å². The van der Waals surface area contributed by atoms with Crippen LogP contribution in [0.15, 0.2) is 30.3 Å². The third-order valence-corrected chi connectivity index (χ3v) is 2.44. The highest BCUT2D eigenvalue weighted by atomic mass is 16.5. The van der Waals surface area contributed by atoms with Crippen LogP contribution in [0.2, 0.25) is 0 Å². The van der Waals surface area contributed by atoms with Crippen LogP contribution in [0.5, 0.6) is 0 Å². The van der Waals surface area contributed by atoms with Gasteiger partial charge in [0.25, 0.3) is 0 Å². The predicted molar refractivity (Wildman–Crippen MR) is 80.4 cm³/mol. The van der Waals surface area contributed by atoms with Crippen molar-refractivity contribution in [2.24, 2.45) is 5.92 Å². The number of esters is 1. The van der Waals surface area contributed by atoms with Gasteiger partial charge < -0.3 is 10.1 Å². The Morgan fingerprint density at radius 2 is 1.74 bits per heavy atom. The molecule has 3 heteroatoms. The molecule has 0 bridgehead atoms. The molecule has 0 aliphatic carbocycles. The molecule has 1 N–H and O–H groups in total. The second-order valence-corrected chi connectivity index (χ2v) is 4.64. The van der Waals surface area contributed by atoms with Crippen molar-refractivity contribution in [3.8, 4) is 0 Å². The third-order valence-electron chi connectivity index (χ3n) is 2.44. The Balaban J connectivity index is 0.000000555. The second-order valence-electron chi connectivity index (χ2n) is 4.64. The van der Waals surface area contributed by atoms with Crippen LogP contribution >= 0.6 is 0 Å². The van der Waals surface area contributed by atoms with E-state index in [1.807, 2.05) is 18.2 Å². The van der Waals surface area contributed by atoms with Gasteiger partial charge in [0.1, 0.15) is 0 Å². The molecule has 0 radical (unpaired) electrons. The molecule has 0 saturated carbocycles. The molecule has 0 fully saturated rings. The molecular formula is C16H27NO2. The molecule has 0 amide bonds. The van der Waals surface area contributed by atoms with Crippen molar-refractivity contribution < 1.29 is 9.53 Å². The Morgan fingerprint density at radius 1 is 1.16 bits per heavy atom. The first-order valence-corrected chi connectivity index (χ1v) is 7.04. The lowest BCUT2D eigenvalue weighted by Gasteiger charge is -2.06. The molecule has 0 aliphatic heterocycles. The van der Waals surface area contributed by atoms with E-state index in [-0.39, 0.29) is 5.97 Å². The Labute approximate surface area is 117 Å². The first-order valence-electron chi connectivity index (χ1n) is 7.04. The van der Waals surface area contributed by atoms with Gasteiger partial charge in [-0.05, 0) is 37.6 Å². The average Bonchev–Trinajstić information content (AvgIpc) is 2.41. The first-order chi connectivity index (χ1) is 9.11. The van der Waals surface area contributed by atoms with E-state index in [0.717, 1.165) is 19.5 Å². The van der Waals surface area contributed by atoms with Crippen LogP contribution in [-0.2, 0) is 4.74 Å². The van der Waals surface area contributed by atoms with Crippen molar-refractivity contribution in [1.82, 2.24) is 5.32 Å². The maximum absolute atomic E-state index is 11.4. The summed E-state index contributed by atoms with van der Waals surface area (Å²) in [5.41, 5.74) is 0.622. The van der Waals surface area contributed by atoms with Crippen molar-refractivity contribution >= 4 is 5.97 Å². The van der Waals surface area contributed by atoms with Gasteiger partial charge in [0.15, 0.2) is 0 Å². The molecule has 19 heavy (non-hydrogen) atoms. The van der Waals surface area contributed by atoms with E-state index >= 15 is 0 Å². The van der Waals surface area contributed by atoms with Crippen LogP contribution in [0.1, 0.15) is 44.5 Å². The summed E-state index contributed by atoms with van der Waals surface area (Å²) < 4.78 is 5.10. The molecule has 0 heterocycles. The lowest BCUT2D eigenvalue weighted by atomic mass is 10.1. The normalized spacial score (nSPS) is 9.74. The van der Waals surface area contributed by atoms with E-state index in [4.69, 9.17) is 4.74 Å². The van der Waals surface area contributed by atoms with Crippen LogP contribution in [0.3, 0.4) is 0 Å². The van der Waals surface area contributed by atoms with Gasteiger partial charge in [-0.2, -0.15) is 0 Å². The number of hydrogen-bond donors (Lipinski definition) is 1. The molecule has 1 aromatic carbocycles. The fourth-order valence-electron chi connectivity index (χ4n) is 1.29. The smallest absolute Gasteiger partial charge is 0.338 e. The van der Waals surface area contributed by atoms with E-state index in [2.05, 4.69) is 33.0 Å². The standard InChI is InChI=1S/C12H16O2.C4H11N/c1-10(2)8-9-14-12(13)11-6-4-3-5-7-11;1-3-5-4-2/h3-7,10H,8-9H2,1-2H3;5H,3-4H2,1-2H3. The van der Waals surface area contributed by atoms with Crippen molar-refractivity contribution in [2.45, 2.75) is 34.1 Å². The summed E-state index contributed by atoms with van der Waals surface area (Å²) in [6.45, 7) is 11.1. The Bertz CT molecular complexity index is 321. The lowest BCUT2D eigenvalue weighted by molar-refractivity contribution is 0.0488. The number of benzene rings is 1. The van der Waals surface area contributed by atoms with Crippen LogP contribution < -0.4 is 5.32 Å². The highest BCUT2D eigenvalue weighted by Gasteiger charge is 2.05. The predicted octanol–water partition coefficient (Wildman–Crippen LogP) is 3.51. The zero-order valence-corrected chi connectivity index (χ0v) is 12.6. The van der Waals surface area contributed by atoms with Gasteiger partial charge >= 0.3 is 5.97 Å². The summed E-state index contributed by atoms with van der Waals surface area (Å²) >= 11 is 0. The fraction of sp³-hybridized carbons (Fsp3) is 0.562. The molecule has 0 saturated heterocycles. The zero-order chi connectivity index (χ0) is 14.5. The molecule has 0 aliphatic rings. The molecule has 0 aromatic heterocycles. The van der Waals surface area contributed by atoms with Crippen molar-refractivity contribution in [3.05, 3.63) is 35.9 Å². The Hall–Kier alpha value is -1.35. The number of rotatable bonds is 6. The summed E-state index contributed by atoms with van der Waals surface area (Å²) in [6.07, 6.45) is 0.915. The maximum atomic E-state index is 11.4. The van der Waals surface area contributed by atoms with Gasteiger partial charge in [0, 0.05) is 0 Å². The van der Waals surface area contributed by atoms with Crippen LogP contribution in [0.25, 0.3) is 0 Å². The third kappa shape index (κ3) is 10.3. The average molecular weight is 265 g/mol. The number of ether oxygens (including phenoxy) is 1. The number of carbonyl (C=O) groups is 1.